The van der Waals surface area contributed by atoms with E-state index in [1.807, 2.05) is 36.4 Å². The normalized spacial score (nSPS) is 11.0. The summed E-state index contributed by atoms with van der Waals surface area (Å²) in [5, 5.41) is 11.2. The molecule has 4 rings (SSSR count). The maximum absolute atomic E-state index is 9.70. The highest BCUT2D eigenvalue weighted by atomic mass is 35.5. The van der Waals surface area contributed by atoms with Crippen LogP contribution in [0.4, 0.5) is 0 Å². The molecule has 0 aliphatic carbocycles. The topological polar surface area (TPSA) is 36.0 Å². The SMILES string of the molecule is Oc1ccc(-c2c(-c3ccccc3)[nH]c3ccccc23)cc1Cl. The fourth-order valence-corrected chi connectivity index (χ4v) is 3.11. The van der Waals surface area contributed by atoms with Gasteiger partial charge in [-0.2, -0.15) is 0 Å². The predicted octanol–water partition coefficient (Wildman–Crippen LogP) is 5.86. The van der Waals surface area contributed by atoms with E-state index < -0.39 is 0 Å². The smallest absolute Gasteiger partial charge is 0.134 e. The fraction of sp³-hybridized carbons (Fsp3) is 0. The highest BCUT2D eigenvalue weighted by Crippen LogP contribution is 2.40. The Kier molecular flexibility index (Phi) is 3.32. The molecule has 1 heterocycles. The molecule has 3 heteroatoms. The van der Waals surface area contributed by atoms with Gasteiger partial charge in [0.2, 0.25) is 0 Å². The average molecular weight is 320 g/mol. The molecule has 0 amide bonds. The molecule has 0 fully saturated rings. The zero-order chi connectivity index (χ0) is 15.8. The van der Waals surface area contributed by atoms with Gasteiger partial charge in [-0.15, -0.1) is 0 Å². The summed E-state index contributed by atoms with van der Waals surface area (Å²) >= 11 is 6.12. The maximum atomic E-state index is 9.70. The third kappa shape index (κ3) is 2.37. The molecule has 0 atom stereocenters. The summed E-state index contributed by atoms with van der Waals surface area (Å²) in [7, 11) is 0. The standard InChI is InChI=1S/C20H14ClNO/c21-16-12-14(10-11-18(16)23)19-15-8-4-5-9-17(15)22-20(19)13-6-2-1-3-7-13/h1-12,22-23H. The lowest BCUT2D eigenvalue weighted by molar-refractivity contribution is 0.475. The molecule has 0 saturated heterocycles. The van der Waals surface area contributed by atoms with Crippen molar-refractivity contribution in [2.24, 2.45) is 0 Å². The number of halogens is 1. The summed E-state index contributed by atoms with van der Waals surface area (Å²) in [5.74, 6) is 0.0940. The minimum atomic E-state index is 0.0940. The molecule has 23 heavy (non-hydrogen) atoms. The molecular formula is C20H14ClNO. The molecule has 1 aromatic heterocycles. The molecule has 112 valence electrons. The second kappa shape index (κ2) is 5.49. The minimum absolute atomic E-state index is 0.0940. The first kappa shape index (κ1) is 13.9. The molecule has 0 aliphatic heterocycles. The quantitative estimate of drug-likeness (QED) is 0.477. The number of rotatable bonds is 2. The number of benzene rings is 3. The molecule has 0 bridgehead atoms. The van der Waals surface area contributed by atoms with Crippen molar-refractivity contribution in [3.05, 3.63) is 77.8 Å². The number of phenols is 1. The van der Waals surface area contributed by atoms with E-state index in [9.17, 15) is 5.11 Å². The second-order valence-corrected chi connectivity index (χ2v) is 5.86. The van der Waals surface area contributed by atoms with Crippen molar-refractivity contribution in [1.82, 2.24) is 4.98 Å². The number of aromatic nitrogens is 1. The third-order valence-corrected chi connectivity index (χ3v) is 4.31. The summed E-state index contributed by atoms with van der Waals surface area (Å²) in [6, 6.07) is 23.7. The average Bonchev–Trinajstić information content (AvgIpc) is 2.98. The van der Waals surface area contributed by atoms with Crippen molar-refractivity contribution in [3.63, 3.8) is 0 Å². The Labute approximate surface area is 139 Å². The minimum Gasteiger partial charge on any atom is -0.506 e. The monoisotopic (exact) mass is 319 g/mol. The lowest BCUT2D eigenvalue weighted by atomic mass is 9.98. The molecule has 3 aromatic carbocycles. The predicted molar refractivity (Wildman–Crippen MR) is 95.8 cm³/mol. The van der Waals surface area contributed by atoms with Crippen LogP contribution in [0.15, 0.2) is 72.8 Å². The first-order valence-corrected chi connectivity index (χ1v) is 7.77. The molecule has 2 nitrogen and oxygen atoms in total. The van der Waals surface area contributed by atoms with Gasteiger partial charge in [-0.1, -0.05) is 66.2 Å². The van der Waals surface area contributed by atoms with Crippen LogP contribution in [0.5, 0.6) is 5.75 Å². The Morgan fingerprint density at radius 2 is 1.52 bits per heavy atom. The van der Waals surface area contributed by atoms with Crippen LogP contribution >= 0.6 is 11.6 Å². The zero-order valence-electron chi connectivity index (χ0n) is 12.3. The summed E-state index contributed by atoms with van der Waals surface area (Å²) in [4.78, 5) is 3.51. The number of phenolic OH excluding ortho intramolecular Hbond substituents is 1. The lowest BCUT2D eigenvalue weighted by Crippen LogP contribution is -1.83. The van der Waals surface area contributed by atoms with Gasteiger partial charge < -0.3 is 10.1 Å². The van der Waals surface area contributed by atoms with Crippen molar-refractivity contribution in [1.29, 1.82) is 0 Å². The largest absolute Gasteiger partial charge is 0.506 e. The van der Waals surface area contributed by atoms with Gasteiger partial charge in [-0.05, 0) is 29.3 Å². The van der Waals surface area contributed by atoms with Crippen molar-refractivity contribution < 1.29 is 5.11 Å². The van der Waals surface area contributed by atoms with Gasteiger partial charge in [0.1, 0.15) is 5.75 Å². The van der Waals surface area contributed by atoms with E-state index in [-0.39, 0.29) is 5.75 Å². The highest BCUT2D eigenvalue weighted by Gasteiger charge is 2.15. The van der Waals surface area contributed by atoms with Gasteiger partial charge in [0, 0.05) is 16.5 Å². The molecule has 4 aromatic rings. The lowest BCUT2D eigenvalue weighted by Gasteiger charge is -2.07. The molecule has 0 aliphatic rings. The van der Waals surface area contributed by atoms with Crippen molar-refractivity contribution in [2.45, 2.75) is 0 Å². The summed E-state index contributed by atoms with van der Waals surface area (Å²) in [6.07, 6.45) is 0. The number of hydrogen-bond acceptors (Lipinski definition) is 1. The van der Waals surface area contributed by atoms with Crippen LogP contribution < -0.4 is 0 Å². The van der Waals surface area contributed by atoms with Crippen molar-refractivity contribution in [3.8, 4) is 28.1 Å². The fourth-order valence-electron chi connectivity index (χ4n) is 2.93. The number of nitrogens with one attached hydrogen (secondary N) is 1. The van der Waals surface area contributed by atoms with Crippen molar-refractivity contribution >= 4 is 22.5 Å². The van der Waals surface area contributed by atoms with E-state index in [1.54, 1.807) is 12.1 Å². The van der Waals surface area contributed by atoms with Crippen LogP contribution in [-0.2, 0) is 0 Å². The van der Waals surface area contributed by atoms with E-state index in [1.165, 1.54) is 0 Å². The molecule has 0 spiro atoms. The van der Waals surface area contributed by atoms with Gasteiger partial charge in [-0.25, -0.2) is 0 Å². The highest BCUT2D eigenvalue weighted by molar-refractivity contribution is 6.32. The van der Waals surface area contributed by atoms with Gasteiger partial charge in [0.15, 0.2) is 0 Å². The maximum Gasteiger partial charge on any atom is 0.134 e. The molecular weight excluding hydrogens is 306 g/mol. The first-order chi connectivity index (χ1) is 11.2. The Morgan fingerprint density at radius 1 is 0.783 bits per heavy atom. The van der Waals surface area contributed by atoms with E-state index in [0.29, 0.717) is 5.02 Å². The summed E-state index contributed by atoms with van der Waals surface area (Å²) in [6.45, 7) is 0. The number of aromatic amines is 1. The number of para-hydroxylation sites is 1. The van der Waals surface area contributed by atoms with Gasteiger partial charge in [0.25, 0.3) is 0 Å². The van der Waals surface area contributed by atoms with E-state index >= 15 is 0 Å². The Morgan fingerprint density at radius 3 is 2.30 bits per heavy atom. The first-order valence-electron chi connectivity index (χ1n) is 7.39. The van der Waals surface area contributed by atoms with E-state index in [0.717, 1.165) is 33.3 Å². The van der Waals surface area contributed by atoms with Crippen molar-refractivity contribution in [2.75, 3.05) is 0 Å². The van der Waals surface area contributed by atoms with Gasteiger partial charge in [-0.3, -0.25) is 0 Å². The number of H-pyrrole nitrogens is 1. The molecule has 2 N–H and O–H groups in total. The summed E-state index contributed by atoms with van der Waals surface area (Å²) < 4.78 is 0. The van der Waals surface area contributed by atoms with Gasteiger partial charge in [0.05, 0.1) is 10.7 Å². The Hall–Kier alpha value is -2.71. The number of aromatic hydroxyl groups is 1. The Balaban J connectivity index is 2.05. The number of fused-ring (bicyclic) bond motifs is 1. The molecule has 0 unspecified atom stereocenters. The third-order valence-electron chi connectivity index (χ3n) is 4.00. The van der Waals surface area contributed by atoms with Crippen LogP contribution in [0, 0.1) is 0 Å². The van der Waals surface area contributed by atoms with Crippen LogP contribution in [0.2, 0.25) is 5.02 Å². The van der Waals surface area contributed by atoms with E-state index in [2.05, 4.69) is 29.2 Å². The zero-order valence-corrected chi connectivity index (χ0v) is 13.0. The van der Waals surface area contributed by atoms with Crippen LogP contribution in [0.1, 0.15) is 0 Å². The second-order valence-electron chi connectivity index (χ2n) is 5.45. The molecule has 0 saturated carbocycles. The number of hydrogen-bond donors (Lipinski definition) is 2. The Bertz CT molecular complexity index is 989. The summed E-state index contributed by atoms with van der Waals surface area (Å²) in [5.41, 5.74) is 5.31. The van der Waals surface area contributed by atoms with E-state index in [4.69, 9.17) is 11.6 Å². The van der Waals surface area contributed by atoms with Crippen LogP contribution in [0.3, 0.4) is 0 Å². The molecule has 0 radical (unpaired) electrons. The van der Waals surface area contributed by atoms with Gasteiger partial charge >= 0.3 is 0 Å². The van der Waals surface area contributed by atoms with Crippen LogP contribution in [-0.4, -0.2) is 10.1 Å². The van der Waals surface area contributed by atoms with Crippen LogP contribution in [0.25, 0.3) is 33.3 Å².